The fourth-order valence-corrected chi connectivity index (χ4v) is 0. The van der Waals surface area contributed by atoms with Crippen LogP contribution < -0.4 is 5.59 Å². The summed E-state index contributed by atoms with van der Waals surface area (Å²) >= 11 is 0. The Labute approximate surface area is 31.1 Å². The predicted octanol–water partition coefficient (Wildman–Crippen LogP) is -0.558. The van der Waals surface area contributed by atoms with Gasteiger partial charge in [0, 0.05) is 14.1 Å². The molecule has 3 heteroatoms. The minimum Gasteiger partial charge on any atom is -0.302 e. The van der Waals surface area contributed by atoms with Gasteiger partial charge < -0.3 is 5.21 Å². The van der Waals surface area contributed by atoms with Crippen LogP contribution in [0.4, 0.5) is 0 Å². The first-order valence-electron chi connectivity index (χ1n) is 1.34. The summed E-state index contributed by atoms with van der Waals surface area (Å²) < 4.78 is 0. The molecule has 0 saturated carbocycles. The topological polar surface area (TPSA) is 35.5 Å². The normalized spacial score (nSPS) is 9.60. The smallest absolute Gasteiger partial charge is 0.00348 e. The highest BCUT2D eigenvalue weighted by atomic mass is 16.5. The van der Waals surface area contributed by atoms with Crippen molar-refractivity contribution in [2.75, 3.05) is 14.1 Å². The van der Waals surface area contributed by atoms with E-state index in [0.717, 1.165) is 0 Å². The van der Waals surface area contributed by atoms with Crippen LogP contribution in [0.25, 0.3) is 0 Å². The maximum Gasteiger partial charge on any atom is 0.00348 e. The molecule has 0 heterocycles. The highest BCUT2D eigenvalue weighted by Crippen LogP contribution is 1.48. The Bertz CT molecular complexity index is 21.6. The summed E-state index contributed by atoms with van der Waals surface area (Å²) in [6.45, 7) is 0. The molecule has 0 bridgehead atoms. The van der Waals surface area contributed by atoms with Gasteiger partial charge in [-0.2, -0.15) is 0 Å². The Morgan fingerprint density at radius 1 is 1.60 bits per heavy atom. The largest absolute Gasteiger partial charge is 0.302 e. The lowest BCUT2D eigenvalue weighted by molar-refractivity contribution is 0.0176. The number of nitrogens with one attached hydrogen (secondary N) is 1. The van der Waals surface area contributed by atoms with E-state index < -0.39 is 0 Å². The Kier molecular flexibility index (Phi) is 2.09. The van der Waals surface area contributed by atoms with Crippen molar-refractivity contribution in [3.8, 4) is 0 Å². The molecule has 0 unspecified atom stereocenters. The van der Waals surface area contributed by atoms with Crippen LogP contribution in [-0.4, -0.2) is 24.3 Å². The number of hydrogen-bond acceptors (Lipinski definition) is 3. The van der Waals surface area contributed by atoms with Crippen LogP contribution in [0.5, 0.6) is 0 Å². The molecule has 3 nitrogen and oxygen atoms in total. The molecule has 5 heavy (non-hydrogen) atoms. The zero-order valence-electron chi connectivity index (χ0n) is 3.39. The highest BCUT2D eigenvalue weighted by molar-refractivity contribution is 4.04. The molecule has 0 spiro atoms. The van der Waals surface area contributed by atoms with Crippen molar-refractivity contribution >= 4 is 0 Å². The van der Waals surface area contributed by atoms with E-state index in [2.05, 4.69) is 0 Å². The molecule has 0 atom stereocenters. The maximum atomic E-state index is 7.82. The minimum atomic E-state index is 1.43. The summed E-state index contributed by atoms with van der Waals surface area (Å²) in [4.78, 5) is 0. The lowest BCUT2D eigenvalue weighted by Gasteiger charge is -2.00. The van der Waals surface area contributed by atoms with Crippen molar-refractivity contribution in [1.82, 2.24) is 10.6 Å². The molecule has 0 radical (unpaired) electrons. The molecule has 0 aliphatic heterocycles. The van der Waals surface area contributed by atoms with Gasteiger partial charge in [-0.05, 0) is 0 Å². The van der Waals surface area contributed by atoms with Crippen LogP contribution in [0.1, 0.15) is 0 Å². The third-order valence-corrected chi connectivity index (χ3v) is 0.200. The van der Waals surface area contributed by atoms with Crippen LogP contribution in [0.15, 0.2) is 0 Å². The number of nitrogens with zero attached hydrogens (tertiary/aromatic N) is 1. The molecule has 32 valence electrons. The van der Waals surface area contributed by atoms with Gasteiger partial charge in [0.15, 0.2) is 0 Å². The van der Waals surface area contributed by atoms with E-state index in [9.17, 15) is 0 Å². The van der Waals surface area contributed by atoms with E-state index >= 15 is 0 Å². The minimum absolute atomic E-state index is 1.43. The van der Waals surface area contributed by atoms with Gasteiger partial charge in [-0.1, -0.05) is 0 Å². The number of hydrogen-bond donors (Lipinski definition) is 2. The molecule has 0 aromatic carbocycles. The van der Waals surface area contributed by atoms with Gasteiger partial charge in [-0.15, -0.1) is 5.59 Å². The first-order chi connectivity index (χ1) is 2.27. The molecule has 0 aliphatic rings. The van der Waals surface area contributed by atoms with Gasteiger partial charge >= 0.3 is 0 Å². The summed E-state index contributed by atoms with van der Waals surface area (Å²) in [7, 11) is 3.39. The van der Waals surface area contributed by atoms with Gasteiger partial charge in [-0.3, -0.25) is 0 Å². The second-order valence-corrected chi connectivity index (χ2v) is 0.994. The van der Waals surface area contributed by atoms with Crippen LogP contribution >= 0.6 is 0 Å². The lowest BCUT2D eigenvalue weighted by atomic mass is 11.2. The van der Waals surface area contributed by atoms with Crippen molar-refractivity contribution in [2.24, 2.45) is 0 Å². The van der Waals surface area contributed by atoms with E-state index in [-0.39, 0.29) is 0 Å². The van der Waals surface area contributed by atoms with Gasteiger partial charge in [0.25, 0.3) is 0 Å². The van der Waals surface area contributed by atoms with E-state index in [1.54, 1.807) is 14.1 Å². The average molecular weight is 76.1 g/mol. The van der Waals surface area contributed by atoms with Crippen LogP contribution in [0.2, 0.25) is 0 Å². The van der Waals surface area contributed by atoms with E-state index in [4.69, 9.17) is 5.21 Å². The van der Waals surface area contributed by atoms with Crippen LogP contribution in [-0.2, 0) is 0 Å². The number of rotatable bonds is 1. The SMILES string of the molecule is CN(C)NO. The van der Waals surface area contributed by atoms with Gasteiger partial charge in [0.05, 0.1) is 0 Å². The Hall–Kier alpha value is -0.120. The summed E-state index contributed by atoms with van der Waals surface area (Å²) in [6, 6.07) is 0. The van der Waals surface area contributed by atoms with Crippen molar-refractivity contribution in [3.63, 3.8) is 0 Å². The lowest BCUT2D eigenvalue weighted by Crippen LogP contribution is -2.26. The van der Waals surface area contributed by atoms with Crippen molar-refractivity contribution in [2.45, 2.75) is 0 Å². The quantitative estimate of drug-likeness (QED) is 0.411. The summed E-state index contributed by atoms with van der Waals surface area (Å²) in [5.74, 6) is 0. The van der Waals surface area contributed by atoms with Crippen molar-refractivity contribution in [1.29, 1.82) is 0 Å². The summed E-state index contributed by atoms with van der Waals surface area (Å²) in [5, 5.41) is 9.25. The maximum absolute atomic E-state index is 7.82. The molecular formula is C2H8N2O. The summed E-state index contributed by atoms with van der Waals surface area (Å²) in [6.07, 6.45) is 0. The average Bonchev–Trinajstić information content (AvgIpc) is 1.38. The Morgan fingerprint density at radius 3 is 1.80 bits per heavy atom. The van der Waals surface area contributed by atoms with Crippen molar-refractivity contribution < 1.29 is 5.21 Å². The third kappa shape index (κ3) is 3.88. The molecule has 0 aliphatic carbocycles. The Morgan fingerprint density at radius 2 is 1.80 bits per heavy atom. The van der Waals surface area contributed by atoms with Gasteiger partial charge in [0.2, 0.25) is 0 Å². The molecule has 0 aromatic heterocycles. The fraction of sp³-hybridized carbons (Fsp3) is 1.00. The van der Waals surface area contributed by atoms with Crippen molar-refractivity contribution in [3.05, 3.63) is 0 Å². The predicted molar refractivity (Wildman–Crippen MR) is 18.6 cm³/mol. The van der Waals surface area contributed by atoms with E-state index in [1.165, 1.54) is 5.01 Å². The van der Waals surface area contributed by atoms with E-state index in [0.29, 0.717) is 0 Å². The molecule has 0 rings (SSSR count). The molecular weight excluding hydrogens is 68.0 g/mol. The van der Waals surface area contributed by atoms with E-state index in [1.807, 2.05) is 5.59 Å². The van der Waals surface area contributed by atoms with Crippen LogP contribution in [0.3, 0.4) is 0 Å². The molecule has 0 saturated heterocycles. The highest BCUT2D eigenvalue weighted by Gasteiger charge is 1.70. The zero-order valence-corrected chi connectivity index (χ0v) is 3.39. The molecule has 0 aromatic rings. The molecule has 0 amide bonds. The second-order valence-electron chi connectivity index (χ2n) is 0.994. The van der Waals surface area contributed by atoms with Gasteiger partial charge in [-0.25, -0.2) is 5.01 Å². The molecule has 2 N–H and O–H groups in total. The van der Waals surface area contributed by atoms with Gasteiger partial charge in [0.1, 0.15) is 0 Å². The first kappa shape index (κ1) is 4.88. The monoisotopic (exact) mass is 76.1 g/mol. The first-order valence-corrected chi connectivity index (χ1v) is 1.34. The standard InChI is InChI=1S/C2H8N2O/c1-4(2)3-5/h3,5H,1-2H3. The zero-order chi connectivity index (χ0) is 4.28. The third-order valence-electron chi connectivity index (χ3n) is 0.200. The summed E-state index contributed by atoms with van der Waals surface area (Å²) in [5.41, 5.74) is 1.86. The van der Waals surface area contributed by atoms with Crippen LogP contribution in [0, 0.1) is 0 Å². The Balaban J connectivity index is 2.54. The molecule has 0 fully saturated rings. The fourth-order valence-electron chi connectivity index (χ4n) is 0. The second kappa shape index (κ2) is 2.14. The number of hydrazine groups is 1.